The molecule has 108 valence electrons. The number of hydrogen-bond donors (Lipinski definition) is 0. The summed E-state index contributed by atoms with van der Waals surface area (Å²) in [6, 6.07) is 4.22. The second kappa shape index (κ2) is 5.13. The van der Waals surface area contributed by atoms with Gasteiger partial charge in [-0.05, 0) is 32.8 Å². The number of likely N-dealkylation sites (tertiary alicyclic amines) is 1. The van der Waals surface area contributed by atoms with Gasteiger partial charge in [0.15, 0.2) is 0 Å². The van der Waals surface area contributed by atoms with Gasteiger partial charge in [0.2, 0.25) is 5.95 Å². The molecule has 0 spiro atoms. The lowest BCUT2D eigenvalue weighted by atomic mass is 10.1. The molecular weight excluding hydrogens is 257 g/mol. The third-order valence-corrected chi connectivity index (χ3v) is 4.40. The van der Waals surface area contributed by atoms with Gasteiger partial charge < -0.3 is 4.90 Å². The Morgan fingerprint density at radius 1 is 1.35 bits per heavy atom. The third-order valence-electron chi connectivity index (χ3n) is 4.40. The molecule has 2 fully saturated rings. The van der Waals surface area contributed by atoms with Crippen molar-refractivity contribution in [1.29, 1.82) is 0 Å². The molecule has 0 N–H and O–H groups in total. The van der Waals surface area contributed by atoms with E-state index in [1.165, 1.54) is 12.3 Å². The highest BCUT2D eigenvalue weighted by atomic mass is 19.1. The average molecular weight is 277 g/mol. The van der Waals surface area contributed by atoms with Crippen LogP contribution in [-0.4, -0.2) is 51.9 Å². The number of carbonyl (C=O) groups excluding carboxylic acids is 1. The molecule has 2 aliphatic heterocycles. The van der Waals surface area contributed by atoms with E-state index >= 15 is 0 Å². The van der Waals surface area contributed by atoms with Crippen LogP contribution in [0.3, 0.4) is 0 Å². The lowest BCUT2D eigenvalue weighted by Gasteiger charge is -2.43. The minimum atomic E-state index is -0.598. The fraction of sp³-hybridized carbons (Fsp3) is 0.600. The number of nitrogens with zero attached hydrogens (tertiary/aromatic N) is 3. The smallest absolute Gasteiger partial charge is 0.254 e. The Hall–Kier alpha value is -1.49. The third kappa shape index (κ3) is 2.30. The summed E-state index contributed by atoms with van der Waals surface area (Å²) >= 11 is 0. The largest absolute Gasteiger partial charge is 0.336 e. The number of piperazine rings is 1. The highest BCUT2D eigenvalue weighted by Gasteiger charge is 2.42. The quantitative estimate of drug-likeness (QED) is 0.775. The number of carbonyl (C=O) groups is 1. The average Bonchev–Trinajstić information content (AvgIpc) is 2.69. The van der Waals surface area contributed by atoms with Gasteiger partial charge in [-0.1, -0.05) is 0 Å². The fourth-order valence-electron chi connectivity index (χ4n) is 3.66. The fourth-order valence-corrected chi connectivity index (χ4v) is 3.66. The molecule has 0 unspecified atom stereocenters. The van der Waals surface area contributed by atoms with E-state index in [1.54, 1.807) is 6.07 Å². The number of rotatable bonds is 2. The Balaban J connectivity index is 1.76. The first kappa shape index (κ1) is 13.5. The van der Waals surface area contributed by atoms with Crippen molar-refractivity contribution in [1.82, 2.24) is 14.8 Å². The molecule has 3 rings (SSSR count). The second-order valence-electron chi connectivity index (χ2n) is 6.00. The molecule has 0 aromatic carbocycles. The number of amides is 1. The van der Waals surface area contributed by atoms with Crippen LogP contribution in [0.4, 0.5) is 4.39 Å². The number of fused-ring (bicyclic) bond motifs is 2. The monoisotopic (exact) mass is 277 g/mol. The van der Waals surface area contributed by atoms with E-state index in [-0.39, 0.29) is 5.91 Å². The zero-order chi connectivity index (χ0) is 14.3. The van der Waals surface area contributed by atoms with Gasteiger partial charge in [-0.2, -0.15) is 4.39 Å². The van der Waals surface area contributed by atoms with Crippen molar-refractivity contribution < 1.29 is 9.18 Å². The maximum absolute atomic E-state index is 13.1. The Labute approximate surface area is 118 Å². The summed E-state index contributed by atoms with van der Waals surface area (Å²) in [7, 11) is 0. The summed E-state index contributed by atoms with van der Waals surface area (Å²) in [6.45, 7) is 5.91. The van der Waals surface area contributed by atoms with Crippen molar-refractivity contribution in [3.05, 3.63) is 29.8 Å². The minimum Gasteiger partial charge on any atom is -0.336 e. The number of pyridine rings is 1. The predicted octanol–water partition coefficient (Wildman–Crippen LogP) is 1.92. The van der Waals surface area contributed by atoms with Gasteiger partial charge in [0.25, 0.3) is 5.91 Å². The van der Waals surface area contributed by atoms with Gasteiger partial charge >= 0.3 is 0 Å². The molecule has 2 atom stereocenters. The molecule has 1 amide bonds. The Morgan fingerprint density at radius 3 is 2.55 bits per heavy atom. The first-order chi connectivity index (χ1) is 9.56. The molecule has 3 heterocycles. The van der Waals surface area contributed by atoms with Gasteiger partial charge in [0.05, 0.1) is 0 Å². The summed E-state index contributed by atoms with van der Waals surface area (Å²) in [5.41, 5.74) is 0.398. The van der Waals surface area contributed by atoms with Crippen molar-refractivity contribution in [2.24, 2.45) is 0 Å². The molecular formula is C15H20FN3O. The lowest BCUT2D eigenvalue weighted by Crippen LogP contribution is -2.57. The molecule has 0 saturated carbocycles. The highest BCUT2D eigenvalue weighted by Crippen LogP contribution is 2.32. The predicted molar refractivity (Wildman–Crippen MR) is 73.9 cm³/mol. The SMILES string of the molecule is CC(C)N1[C@H]2CC[C@H]1CN(C(=O)c1ccnc(F)c1)C2. The minimum absolute atomic E-state index is 0.0772. The van der Waals surface area contributed by atoms with E-state index < -0.39 is 5.95 Å². The maximum atomic E-state index is 13.1. The summed E-state index contributed by atoms with van der Waals surface area (Å²) in [5.74, 6) is -0.675. The van der Waals surface area contributed by atoms with Crippen LogP contribution in [0, 0.1) is 5.95 Å². The van der Waals surface area contributed by atoms with E-state index in [1.807, 2.05) is 4.90 Å². The Bertz CT molecular complexity index is 506. The normalized spacial score (nSPS) is 26.3. The van der Waals surface area contributed by atoms with E-state index in [9.17, 15) is 9.18 Å². The van der Waals surface area contributed by atoms with Crippen molar-refractivity contribution >= 4 is 5.91 Å². The Morgan fingerprint density at radius 2 is 2.00 bits per heavy atom. The van der Waals surface area contributed by atoms with E-state index in [4.69, 9.17) is 0 Å². The highest BCUT2D eigenvalue weighted by molar-refractivity contribution is 5.94. The molecule has 1 aromatic heterocycles. The first-order valence-electron chi connectivity index (χ1n) is 7.24. The lowest BCUT2D eigenvalue weighted by molar-refractivity contribution is 0.0337. The molecule has 5 heteroatoms. The van der Waals surface area contributed by atoms with Crippen LogP contribution < -0.4 is 0 Å². The summed E-state index contributed by atoms with van der Waals surface area (Å²) in [4.78, 5) is 20.4. The molecule has 1 aromatic rings. The molecule has 4 nitrogen and oxygen atoms in total. The molecule has 20 heavy (non-hydrogen) atoms. The number of aromatic nitrogens is 1. The van der Waals surface area contributed by atoms with Crippen molar-refractivity contribution in [3.8, 4) is 0 Å². The van der Waals surface area contributed by atoms with E-state index in [2.05, 4.69) is 23.7 Å². The van der Waals surface area contributed by atoms with Crippen molar-refractivity contribution in [2.75, 3.05) is 13.1 Å². The zero-order valence-corrected chi connectivity index (χ0v) is 11.9. The molecule has 2 bridgehead atoms. The summed E-state index contributed by atoms with van der Waals surface area (Å²) in [5, 5.41) is 0. The van der Waals surface area contributed by atoms with Gasteiger partial charge in [-0.3, -0.25) is 9.69 Å². The maximum Gasteiger partial charge on any atom is 0.254 e. The van der Waals surface area contributed by atoms with Crippen LogP contribution in [0.5, 0.6) is 0 Å². The van der Waals surface area contributed by atoms with Gasteiger partial charge in [0.1, 0.15) is 0 Å². The summed E-state index contributed by atoms with van der Waals surface area (Å²) in [6.07, 6.45) is 3.65. The first-order valence-corrected chi connectivity index (χ1v) is 7.24. The van der Waals surface area contributed by atoms with Crippen LogP contribution in [0.15, 0.2) is 18.3 Å². The molecule has 0 radical (unpaired) electrons. The van der Waals surface area contributed by atoms with E-state index in [0.717, 1.165) is 25.9 Å². The summed E-state index contributed by atoms with van der Waals surface area (Å²) < 4.78 is 13.1. The van der Waals surface area contributed by atoms with Crippen LogP contribution in [0.1, 0.15) is 37.0 Å². The van der Waals surface area contributed by atoms with Crippen LogP contribution in [0.25, 0.3) is 0 Å². The number of hydrogen-bond acceptors (Lipinski definition) is 3. The topological polar surface area (TPSA) is 36.4 Å². The van der Waals surface area contributed by atoms with Crippen molar-refractivity contribution in [3.63, 3.8) is 0 Å². The molecule has 0 aliphatic carbocycles. The van der Waals surface area contributed by atoms with E-state index in [0.29, 0.717) is 23.7 Å². The van der Waals surface area contributed by atoms with Gasteiger partial charge in [-0.25, -0.2) is 4.98 Å². The van der Waals surface area contributed by atoms with Crippen LogP contribution >= 0.6 is 0 Å². The van der Waals surface area contributed by atoms with Crippen molar-refractivity contribution in [2.45, 2.75) is 44.8 Å². The standard InChI is InChI=1S/C15H20FN3O/c1-10(2)19-12-3-4-13(19)9-18(8-12)15(20)11-5-6-17-14(16)7-11/h5-7,10,12-13H,3-4,8-9H2,1-2H3/t12-,13-/m0/s1. The zero-order valence-electron chi connectivity index (χ0n) is 11.9. The van der Waals surface area contributed by atoms with Gasteiger partial charge in [-0.15, -0.1) is 0 Å². The van der Waals surface area contributed by atoms with Crippen LogP contribution in [0.2, 0.25) is 0 Å². The molecule has 2 aliphatic rings. The Kier molecular flexibility index (Phi) is 3.46. The van der Waals surface area contributed by atoms with Gasteiger partial charge in [0, 0.05) is 49.0 Å². The van der Waals surface area contributed by atoms with Crippen LogP contribution in [-0.2, 0) is 0 Å². The second-order valence-corrected chi connectivity index (χ2v) is 6.00. The number of halogens is 1. The molecule has 2 saturated heterocycles.